The maximum absolute atomic E-state index is 13.0. The van der Waals surface area contributed by atoms with E-state index >= 15 is 0 Å². The Balaban J connectivity index is 2.84. The molecular formula is C12H14F2N2O3. The van der Waals surface area contributed by atoms with Gasteiger partial charge in [0.25, 0.3) is 0 Å². The molecule has 0 spiro atoms. The second kappa shape index (κ2) is 6.67. The van der Waals surface area contributed by atoms with Crippen LogP contribution < -0.4 is 10.6 Å². The maximum Gasteiger partial charge on any atom is 0.337 e. The first-order chi connectivity index (χ1) is 8.95. The van der Waals surface area contributed by atoms with Gasteiger partial charge in [-0.1, -0.05) is 13.3 Å². The van der Waals surface area contributed by atoms with E-state index in [1.807, 2.05) is 6.92 Å². The zero-order chi connectivity index (χ0) is 14.4. The molecule has 0 aromatic heterocycles. The number of halogens is 2. The molecule has 7 heteroatoms. The fourth-order valence-corrected chi connectivity index (χ4v) is 1.37. The van der Waals surface area contributed by atoms with Crippen LogP contribution in [0.4, 0.5) is 19.3 Å². The molecule has 1 aromatic carbocycles. The SMILES string of the molecule is CCCCNC(=O)Nc1cc(F)c(F)cc1C(=O)O. The van der Waals surface area contributed by atoms with E-state index < -0.39 is 29.2 Å². The molecular weight excluding hydrogens is 258 g/mol. The van der Waals surface area contributed by atoms with Gasteiger partial charge < -0.3 is 15.7 Å². The largest absolute Gasteiger partial charge is 0.478 e. The lowest BCUT2D eigenvalue weighted by Gasteiger charge is -2.10. The first kappa shape index (κ1) is 14.9. The van der Waals surface area contributed by atoms with E-state index in [0.29, 0.717) is 18.7 Å². The Morgan fingerprint density at radius 3 is 2.47 bits per heavy atom. The van der Waals surface area contributed by atoms with Crippen LogP contribution in [0.3, 0.4) is 0 Å². The smallest absolute Gasteiger partial charge is 0.337 e. The average Bonchev–Trinajstić information content (AvgIpc) is 2.33. The summed E-state index contributed by atoms with van der Waals surface area (Å²) in [5.74, 6) is -3.97. The standard InChI is InChI=1S/C12H14F2N2O3/c1-2-3-4-15-12(19)16-10-6-9(14)8(13)5-7(10)11(17)18/h5-6H,2-4H2,1H3,(H,17,18)(H2,15,16,19). The Kier molecular flexibility index (Phi) is 5.23. The minimum Gasteiger partial charge on any atom is -0.478 e. The van der Waals surface area contributed by atoms with Crippen molar-refractivity contribution in [2.24, 2.45) is 0 Å². The van der Waals surface area contributed by atoms with Crippen LogP contribution in [0.1, 0.15) is 30.1 Å². The summed E-state index contributed by atoms with van der Waals surface area (Å²) in [5, 5.41) is 13.5. The molecule has 1 aromatic rings. The predicted octanol–water partition coefficient (Wildman–Crippen LogP) is 2.58. The van der Waals surface area contributed by atoms with Gasteiger partial charge in [-0.25, -0.2) is 18.4 Å². The van der Waals surface area contributed by atoms with Crippen LogP contribution >= 0.6 is 0 Å². The van der Waals surface area contributed by atoms with Crippen molar-refractivity contribution in [3.8, 4) is 0 Å². The molecule has 0 fully saturated rings. The molecule has 0 aliphatic rings. The lowest BCUT2D eigenvalue weighted by atomic mass is 10.1. The lowest BCUT2D eigenvalue weighted by Crippen LogP contribution is -2.30. The third-order valence-electron chi connectivity index (χ3n) is 2.35. The Bertz CT molecular complexity index is 492. The number of hydrogen-bond donors (Lipinski definition) is 3. The number of carbonyl (C=O) groups excluding carboxylic acids is 1. The molecule has 5 nitrogen and oxygen atoms in total. The summed E-state index contributed by atoms with van der Waals surface area (Å²) in [4.78, 5) is 22.3. The molecule has 3 N–H and O–H groups in total. The lowest BCUT2D eigenvalue weighted by molar-refractivity contribution is 0.0697. The van der Waals surface area contributed by atoms with Gasteiger partial charge in [0.15, 0.2) is 11.6 Å². The zero-order valence-corrected chi connectivity index (χ0v) is 10.3. The number of aromatic carboxylic acids is 1. The van der Waals surface area contributed by atoms with Crippen molar-refractivity contribution in [2.45, 2.75) is 19.8 Å². The van der Waals surface area contributed by atoms with E-state index in [-0.39, 0.29) is 5.69 Å². The van der Waals surface area contributed by atoms with Gasteiger partial charge in [0.1, 0.15) is 0 Å². The summed E-state index contributed by atoms with van der Waals surface area (Å²) in [6.07, 6.45) is 1.64. The number of carboxylic acids is 1. The highest BCUT2D eigenvalue weighted by atomic mass is 19.2. The number of carboxylic acid groups (broad SMARTS) is 1. The van der Waals surface area contributed by atoms with Crippen molar-refractivity contribution >= 4 is 17.7 Å². The van der Waals surface area contributed by atoms with Gasteiger partial charge in [0, 0.05) is 12.6 Å². The van der Waals surface area contributed by atoms with E-state index in [2.05, 4.69) is 10.6 Å². The third-order valence-corrected chi connectivity index (χ3v) is 2.35. The Morgan fingerprint density at radius 2 is 1.89 bits per heavy atom. The van der Waals surface area contributed by atoms with Crippen LogP contribution in [0.5, 0.6) is 0 Å². The average molecular weight is 272 g/mol. The van der Waals surface area contributed by atoms with Crippen molar-refractivity contribution in [2.75, 3.05) is 11.9 Å². The van der Waals surface area contributed by atoms with Gasteiger partial charge in [-0.15, -0.1) is 0 Å². The van der Waals surface area contributed by atoms with Crippen LogP contribution in [-0.4, -0.2) is 23.7 Å². The Morgan fingerprint density at radius 1 is 1.26 bits per heavy atom. The molecule has 1 rings (SSSR count). The van der Waals surface area contributed by atoms with E-state index in [9.17, 15) is 18.4 Å². The molecule has 2 amide bonds. The molecule has 0 radical (unpaired) electrons. The highest BCUT2D eigenvalue weighted by Crippen LogP contribution is 2.20. The summed E-state index contributed by atoms with van der Waals surface area (Å²) in [7, 11) is 0. The van der Waals surface area contributed by atoms with Gasteiger partial charge in [0.2, 0.25) is 0 Å². The van der Waals surface area contributed by atoms with Gasteiger partial charge in [0.05, 0.1) is 11.3 Å². The van der Waals surface area contributed by atoms with Crippen LogP contribution in [0.15, 0.2) is 12.1 Å². The van der Waals surface area contributed by atoms with Gasteiger partial charge in [-0.05, 0) is 12.5 Å². The number of hydrogen-bond acceptors (Lipinski definition) is 2. The Hall–Kier alpha value is -2.18. The quantitative estimate of drug-likeness (QED) is 0.721. The van der Waals surface area contributed by atoms with Crippen LogP contribution in [0.2, 0.25) is 0 Å². The van der Waals surface area contributed by atoms with Crippen molar-refractivity contribution < 1.29 is 23.5 Å². The highest BCUT2D eigenvalue weighted by molar-refractivity contribution is 6.00. The molecule has 0 unspecified atom stereocenters. The van der Waals surface area contributed by atoms with Crippen molar-refractivity contribution in [1.29, 1.82) is 0 Å². The third kappa shape index (κ3) is 4.20. The monoisotopic (exact) mass is 272 g/mol. The first-order valence-electron chi connectivity index (χ1n) is 5.73. The maximum atomic E-state index is 13.0. The summed E-state index contributed by atoms with van der Waals surface area (Å²) < 4.78 is 26.0. The Labute approximate surface area is 108 Å². The fourth-order valence-electron chi connectivity index (χ4n) is 1.37. The number of amides is 2. The van der Waals surface area contributed by atoms with Crippen LogP contribution in [0.25, 0.3) is 0 Å². The molecule has 0 bridgehead atoms. The molecule has 0 saturated carbocycles. The minimum atomic E-state index is -1.46. The van der Waals surface area contributed by atoms with Crippen molar-refractivity contribution in [1.82, 2.24) is 5.32 Å². The molecule has 19 heavy (non-hydrogen) atoms. The van der Waals surface area contributed by atoms with Crippen LogP contribution in [0, 0.1) is 11.6 Å². The minimum absolute atomic E-state index is 0.291. The molecule has 0 aliphatic heterocycles. The number of anilines is 1. The van der Waals surface area contributed by atoms with Crippen molar-refractivity contribution in [3.63, 3.8) is 0 Å². The second-order valence-corrected chi connectivity index (χ2v) is 3.85. The topological polar surface area (TPSA) is 78.4 Å². The van der Waals surface area contributed by atoms with E-state index in [0.717, 1.165) is 12.8 Å². The molecule has 104 valence electrons. The normalized spacial score (nSPS) is 10.1. The van der Waals surface area contributed by atoms with E-state index in [4.69, 9.17) is 5.11 Å². The molecule has 0 atom stereocenters. The highest BCUT2D eigenvalue weighted by Gasteiger charge is 2.16. The summed E-state index contributed by atoms with van der Waals surface area (Å²) in [6, 6.07) is 0.499. The second-order valence-electron chi connectivity index (χ2n) is 3.85. The molecule has 0 aliphatic carbocycles. The fraction of sp³-hybridized carbons (Fsp3) is 0.333. The summed E-state index contributed by atoms with van der Waals surface area (Å²) in [5.41, 5.74) is -0.801. The van der Waals surface area contributed by atoms with E-state index in [1.165, 1.54) is 0 Å². The summed E-state index contributed by atoms with van der Waals surface area (Å²) in [6.45, 7) is 2.35. The van der Waals surface area contributed by atoms with Gasteiger partial charge in [-0.2, -0.15) is 0 Å². The number of urea groups is 1. The zero-order valence-electron chi connectivity index (χ0n) is 10.3. The number of rotatable bonds is 5. The van der Waals surface area contributed by atoms with E-state index in [1.54, 1.807) is 0 Å². The van der Waals surface area contributed by atoms with Crippen LogP contribution in [-0.2, 0) is 0 Å². The summed E-state index contributed by atoms with van der Waals surface area (Å²) >= 11 is 0. The van der Waals surface area contributed by atoms with Gasteiger partial charge in [-0.3, -0.25) is 0 Å². The number of carbonyl (C=O) groups is 2. The van der Waals surface area contributed by atoms with Crippen molar-refractivity contribution in [3.05, 3.63) is 29.3 Å². The molecule has 0 heterocycles. The number of benzene rings is 1. The molecule has 0 saturated heterocycles. The predicted molar refractivity (Wildman–Crippen MR) is 65.2 cm³/mol. The number of unbranched alkanes of at least 4 members (excludes halogenated alkanes) is 1. The number of nitrogens with one attached hydrogen (secondary N) is 2. The first-order valence-corrected chi connectivity index (χ1v) is 5.73. The van der Waals surface area contributed by atoms with Gasteiger partial charge >= 0.3 is 12.0 Å².